The zero-order valence-electron chi connectivity index (χ0n) is 10.1. The van der Waals surface area contributed by atoms with E-state index in [1.165, 1.54) is 0 Å². The Morgan fingerprint density at radius 3 is 1.71 bits per heavy atom. The van der Waals surface area contributed by atoms with Crippen molar-refractivity contribution in [2.24, 2.45) is 0 Å². The summed E-state index contributed by atoms with van der Waals surface area (Å²) in [6.45, 7) is 11.8. The highest BCUT2D eigenvalue weighted by Crippen LogP contribution is 2.15. The van der Waals surface area contributed by atoms with Gasteiger partial charge in [-0.15, -0.1) is 0 Å². The van der Waals surface area contributed by atoms with Gasteiger partial charge in [0.05, 0.1) is 10.5 Å². The van der Waals surface area contributed by atoms with E-state index in [2.05, 4.69) is 5.32 Å². The lowest BCUT2D eigenvalue weighted by molar-refractivity contribution is 0.437. The summed E-state index contributed by atoms with van der Waals surface area (Å²) in [6.07, 6.45) is 0. The van der Waals surface area contributed by atoms with Gasteiger partial charge in [-0.1, -0.05) is 0 Å². The van der Waals surface area contributed by atoms with Gasteiger partial charge >= 0.3 is 0 Å². The van der Waals surface area contributed by atoms with Gasteiger partial charge < -0.3 is 5.32 Å². The van der Waals surface area contributed by atoms with Crippen molar-refractivity contribution in [1.29, 1.82) is 0 Å². The first kappa shape index (κ1) is 13.9. The minimum atomic E-state index is -2.98. The Morgan fingerprint density at radius 1 is 1.00 bits per heavy atom. The molecule has 0 aromatic heterocycles. The predicted molar refractivity (Wildman–Crippen MR) is 61.3 cm³/mol. The van der Waals surface area contributed by atoms with Gasteiger partial charge in [-0.25, -0.2) is 8.42 Å². The minimum Gasteiger partial charge on any atom is -0.311 e. The molecule has 0 amide bonds. The number of hydrogen-bond donors (Lipinski definition) is 1. The highest BCUT2D eigenvalue weighted by molar-refractivity contribution is 7.92. The lowest BCUT2D eigenvalue weighted by atomic mass is 10.1. The lowest BCUT2D eigenvalue weighted by Crippen LogP contribution is -2.41. The molecular weight excluding hydrogens is 198 g/mol. The number of sulfone groups is 1. The van der Waals surface area contributed by atoms with E-state index in [0.717, 1.165) is 0 Å². The van der Waals surface area contributed by atoms with Gasteiger partial charge in [0.1, 0.15) is 0 Å². The van der Waals surface area contributed by atoms with Crippen LogP contribution in [0.2, 0.25) is 0 Å². The van der Waals surface area contributed by atoms with Crippen LogP contribution in [0.4, 0.5) is 0 Å². The first-order valence-electron chi connectivity index (χ1n) is 4.93. The molecule has 0 saturated carbocycles. The normalized spacial score (nSPS) is 14.4. The molecule has 0 aromatic rings. The summed E-state index contributed by atoms with van der Waals surface area (Å²) in [5, 5.41) is 3.17. The Balaban J connectivity index is 4.17. The fraction of sp³-hybridized carbons (Fsp3) is 1.00. The summed E-state index contributed by atoms with van der Waals surface area (Å²) in [5.41, 5.74) is -0.0204. The summed E-state index contributed by atoms with van der Waals surface area (Å²) in [6, 6.07) is 0. The second-order valence-corrected chi connectivity index (χ2v) is 8.47. The topological polar surface area (TPSA) is 46.2 Å². The first-order valence-corrected chi connectivity index (χ1v) is 6.58. The maximum absolute atomic E-state index is 11.7. The molecule has 0 atom stereocenters. The fourth-order valence-electron chi connectivity index (χ4n) is 0.867. The zero-order chi connectivity index (χ0) is 11.6. The molecule has 0 aromatic carbocycles. The van der Waals surface area contributed by atoms with E-state index < -0.39 is 14.6 Å². The van der Waals surface area contributed by atoms with Crippen LogP contribution in [-0.2, 0) is 9.84 Å². The van der Waals surface area contributed by atoms with Crippen LogP contribution in [0.25, 0.3) is 0 Å². The quantitative estimate of drug-likeness (QED) is 0.787. The fourth-order valence-corrected chi connectivity index (χ4v) is 1.85. The highest BCUT2D eigenvalue weighted by atomic mass is 32.2. The van der Waals surface area contributed by atoms with Crippen LogP contribution in [-0.4, -0.2) is 31.0 Å². The molecule has 86 valence electrons. The van der Waals surface area contributed by atoms with Gasteiger partial charge in [0.2, 0.25) is 0 Å². The van der Waals surface area contributed by atoms with Gasteiger partial charge in [-0.3, -0.25) is 0 Å². The Hall–Kier alpha value is -0.0900. The summed E-state index contributed by atoms with van der Waals surface area (Å²) < 4.78 is 22.7. The van der Waals surface area contributed by atoms with E-state index >= 15 is 0 Å². The van der Waals surface area contributed by atoms with Crippen LogP contribution < -0.4 is 5.32 Å². The van der Waals surface area contributed by atoms with Crippen LogP contribution in [0.15, 0.2) is 0 Å². The van der Waals surface area contributed by atoms with Crippen molar-refractivity contribution in [3.8, 4) is 0 Å². The van der Waals surface area contributed by atoms with Gasteiger partial charge in [0.25, 0.3) is 0 Å². The molecule has 0 bridgehead atoms. The third-order valence-electron chi connectivity index (χ3n) is 1.96. The van der Waals surface area contributed by atoms with Crippen LogP contribution >= 0.6 is 0 Å². The van der Waals surface area contributed by atoms with Crippen LogP contribution in [0, 0.1) is 0 Å². The van der Waals surface area contributed by atoms with Crippen molar-refractivity contribution in [2.75, 3.05) is 12.3 Å². The third-order valence-corrected chi connectivity index (χ3v) is 4.57. The molecule has 0 unspecified atom stereocenters. The van der Waals surface area contributed by atoms with E-state index in [1.54, 1.807) is 20.8 Å². The number of rotatable bonds is 3. The Bertz CT molecular complexity index is 267. The molecule has 3 nitrogen and oxygen atoms in total. The molecule has 0 aliphatic rings. The van der Waals surface area contributed by atoms with Crippen molar-refractivity contribution in [1.82, 2.24) is 5.32 Å². The molecule has 1 N–H and O–H groups in total. The maximum atomic E-state index is 11.7. The van der Waals surface area contributed by atoms with Crippen molar-refractivity contribution in [2.45, 2.75) is 51.8 Å². The molecule has 14 heavy (non-hydrogen) atoms. The number of hydrogen-bond acceptors (Lipinski definition) is 3. The SMILES string of the molecule is CC(C)(C)NCCS(=O)(=O)C(C)(C)C. The van der Waals surface area contributed by atoms with Crippen molar-refractivity contribution in [3.05, 3.63) is 0 Å². The molecule has 0 rings (SSSR count). The monoisotopic (exact) mass is 221 g/mol. The average Bonchev–Trinajstić information content (AvgIpc) is 1.80. The molecule has 0 saturated heterocycles. The van der Waals surface area contributed by atoms with E-state index in [9.17, 15) is 8.42 Å². The van der Waals surface area contributed by atoms with Gasteiger partial charge in [0.15, 0.2) is 9.84 Å². The Kier molecular flexibility index (Phi) is 4.16. The van der Waals surface area contributed by atoms with E-state index in [-0.39, 0.29) is 11.3 Å². The van der Waals surface area contributed by atoms with Crippen LogP contribution in [0.5, 0.6) is 0 Å². The molecule has 0 fully saturated rings. The molecule has 0 aliphatic heterocycles. The van der Waals surface area contributed by atoms with Crippen LogP contribution in [0.3, 0.4) is 0 Å². The van der Waals surface area contributed by atoms with Crippen molar-refractivity contribution < 1.29 is 8.42 Å². The molecule has 4 heteroatoms. The average molecular weight is 221 g/mol. The second kappa shape index (κ2) is 4.19. The second-order valence-electron chi connectivity index (χ2n) is 5.61. The minimum absolute atomic E-state index is 0.0204. The van der Waals surface area contributed by atoms with E-state index in [4.69, 9.17) is 0 Å². The summed E-state index contributed by atoms with van der Waals surface area (Å²) in [7, 11) is -2.98. The molecule has 0 spiro atoms. The largest absolute Gasteiger partial charge is 0.311 e. The lowest BCUT2D eigenvalue weighted by Gasteiger charge is -2.23. The summed E-state index contributed by atoms with van der Waals surface area (Å²) in [4.78, 5) is 0. The maximum Gasteiger partial charge on any atom is 0.156 e. The highest BCUT2D eigenvalue weighted by Gasteiger charge is 2.28. The van der Waals surface area contributed by atoms with Crippen molar-refractivity contribution >= 4 is 9.84 Å². The van der Waals surface area contributed by atoms with E-state index in [1.807, 2.05) is 20.8 Å². The van der Waals surface area contributed by atoms with Gasteiger partial charge in [0, 0.05) is 12.1 Å². The Morgan fingerprint density at radius 2 is 1.43 bits per heavy atom. The predicted octanol–water partition coefficient (Wildman–Crippen LogP) is 1.59. The zero-order valence-corrected chi connectivity index (χ0v) is 11.0. The van der Waals surface area contributed by atoms with Crippen molar-refractivity contribution in [3.63, 3.8) is 0 Å². The van der Waals surface area contributed by atoms with E-state index in [0.29, 0.717) is 6.54 Å². The summed E-state index contributed by atoms with van der Waals surface area (Å²) >= 11 is 0. The van der Waals surface area contributed by atoms with Gasteiger partial charge in [-0.2, -0.15) is 0 Å². The van der Waals surface area contributed by atoms with Gasteiger partial charge in [-0.05, 0) is 41.5 Å². The molecule has 0 aliphatic carbocycles. The summed E-state index contributed by atoms with van der Waals surface area (Å²) in [5.74, 6) is 0.202. The molecule has 0 radical (unpaired) electrons. The van der Waals surface area contributed by atoms with Crippen LogP contribution in [0.1, 0.15) is 41.5 Å². The molecule has 0 heterocycles. The first-order chi connectivity index (χ1) is 5.96. The standard InChI is InChI=1S/C10H23NO2S/c1-9(2,3)11-7-8-14(12,13)10(4,5)6/h11H,7-8H2,1-6H3. The Labute approximate surface area is 88.2 Å². The number of nitrogens with one attached hydrogen (secondary N) is 1. The smallest absolute Gasteiger partial charge is 0.156 e. The molecular formula is C10H23NO2S. The third kappa shape index (κ3) is 4.96.